The first-order chi connectivity index (χ1) is 9.13. The lowest BCUT2D eigenvalue weighted by Gasteiger charge is -2.31. The first-order valence-electron chi connectivity index (χ1n) is 6.71. The number of furan rings is 1. The highest BCUT2D eigenvalue weighted by atomic mass is 35.5. The van der Waals surface area contributed by atoms with Crippen LogP contribution in [0.4, 0.5) is 0 Å². The molecule has 0 aromatic carbocycles. The van der Waals surface area contributed by atoms with Gasteiger partial charge in [-0.25, -0.2) is 4.79 Å². The number of hydrogen-bond donors (Lipinski definition) is 1. The summed E-state index contributed by atoms with van der Waals surface area (Å²) in [4.78, 5) is 13.9. The van der Waals surface area contributed by atoms with Crippen LogP contribution in [-0.4, -0.2) is 44.2 Å². The van der Waals surface area contributed by atoms with Crippen molar-refractivity contribution in [1.82, 2.24) is 10.2 Å². The first-order valence-corrected chi connectivity index (χ1v) is 6.71. The fraction of sp³-hybridized carbons (Fsp3) is 0.643. The van der Waals surface area contributed by atoms with E-state index in [1.807, 2.05) is 7.05 Å². The Morgan fingerprint density at radius 1 is 1.60 bits per heavy atom. The number of methoxy groups -OCH3 is 1. The van der Waals surface area contributed by atoms with E-state index >= 15 is 0 Å². The maximum atomic E-state index is 11.5. The molecule has 1 N–H and O–H groups in total. The third-order valence-corrected chi connectivity index (χ3v) is 3.67. The summed E-state index contributed by atoms with van der Waals surface area (Å²) in [6.07, 6.45) is 2.41. The molecule has 0 radical (unpaired) electrons. The Balaban J connectivity index is 0.00000200. The van der Waals surface area contributed by atoms with Crippen molar-refractivity contribution in [2.45, 2.75) is 32.4 Å². The fourth-order valence-corrected chi connectivity index (χ4v) is 2.59. The number of likely N-dealkylation sites (tertiary alicyclic amines) is 1. The molecule has 0 bridgehead atoms. The monoisotopic (exact) mass is 302 g/mol. The second kappa shape index (κ2) is 7.67. The summed E-state index contributed by atoms with van der Waals surface area (Å²) in [5.41, 5.74) is 0.527. The number of nitrogens with zero attached hydrogens (tertiary/aromatic N) is 1. The molecule has 0 amide bonds. The van der Waals surface area contributed by atoms with Crippen LogP contribution in [0.3, 0.4) is 0 Å². The van der Waals surface area contributed by atoms with Crippen molar-refractivity contribution in [3.05, 3.63) is 23.2 Å². The van der Waals surface area contributed by atoms with E-state index in [1.165, 1.54) is 20.0 Å². The van der Waals surface area contributed by atoms with Crippen LogP contribution in [0, 0.1) is 6.92 Å². The van der Waals surface area contributed by atoms with E-state index < -0.39 is 0 Å². The van der Waals surface area contributed by atoms with E-state index in [2.05, 4.69) is 10.2 Å². The molecule has 2 rings (SSSR count). The lowest BCUT2D eigenvalue weighted by molar-refractivity contribution is 0.0599. The first kappa shape index (κ1) is 17.0. The molecular weight excluding hydrogens is 280 g/mol. The lowest BCUT2D eigenvalue weighted by atomic mass is 10.1. The predicted octanol–water partition coefficient (Wildman–Crippen LogP) is 1.98. The molecule has 1 aliphatic heterocycles. The molecule has 1 atom stereocenters. The topological polar surface area (TPSA) is 54.7 Å². The minimum Gasteiger partial charge on any atom is -0.465 e. The Kier molecular flexibility index (Phi) is 6.52. The maximum Gasteiger partial charge on any atom is 0.341 e. The van der Waals surface area contributed by atoms with Crippen molar-refractivity contribution in [1.29, 1.82) is 0 Å². The summed E-state index contributed by atoms with van der Waals surface area (Å²) in [5, 5.41) is 3.32. The van der Waals surface area contributed by atoms with Gasteiger partial charge in [0.05, 0.1) is 13.7 Å². The van der Waals surface area contributed by atoms with Gasteiger partial charge in [-0.2, -0.15) is 0 Å². The van der Waals surface area contributed by atoms with E-state index in [1.54, 1.807) is 13.0 Å². The molecular formula is C14H23ClN2O3. The van der Waals surface area contributed by atoms with Crippen molar-refractivity contribution in [3.8, 4) is 0 Å². The molecule has 20 heavy (non-hydrogen) atoms. The van der Waals surface area contributed by atoms with Crippen LogP contribution in [0.5, 0.6) is 0 Å². The summed E-state index contributed by atoms with van der Waals surface area (Å²) < 4.78 is 10.4. The molecule has 1 saturated heterocycles. The molecule has 1 unspecified atom stereocenters. The van der Waals surface area contributed by atoms with Gasteiger partial charge in [-0.05, 0) is 39.4 Å². The van der Waals surface area contributed by atoms with E-state index in [9.17, 15) is 4.79 Å². The van der Waals surface area contributed by atoms with Crippen LogP contribution in [0.15, 0.2) is 10.5 Å². The molecule has 0 spiro atoms. The van der Waals surface area contributed by atoms with Crippen molar-refractivity contribution in [3.63, 3.8) is 0 Å². The molecule has 1 aromatic rings. The Morgan fingerprint density at radius 3 is 3.00 bits per heavy atom. The van der Waals surface area contributed by atoms with E-state index in [4.69, 9.17) is 9.15 Å². The summed E-state index contributed by atoms with van der Waals surface area (Å²) in [6.45, 7) is 4.63. The number of aryl methyl sites for hydroxylation is 1. The highest BCUT2D eigenvalue weighted by molar-refractivity contribution is 5.90. The molecule has 1 aromatic heterocycles. The Hall–Kier alpha value is -1.04. The average Bonchev–Trinajstić information content (AvgIpc) is 2.79. The van der Waals surface area contributed by atoms with Gasteiger partial charge in [0.1, 0.15) is 17.1 Å². The van der Waals surface area contributed by atoms with Crippen molar-refractivity contribution in [2.24, 2.45) is 0 Å². The van der Waals surface area contributed by atoms with Crippen LogP contribution in [0.2, 0.25) is 0 Å². The predicted molar refractivity (Wildman–Crippen MR) is 79.4 cm³/mol. The largest absolute Gasteiger partial charge is 0.465 e. The van der Waals surface area contributed by atoms with Gasteiger partial charge in [0.25, 0.3) is 0 Å². The number of likely N-dealkylation sites (N-methyl/N-ethyl adjacent to an activating group) is 1. The SMILES string of the molecule is CNC1CCCN(Cc2cc(C(=O)OC)c(C)o2)C1.Cl. The normalized spacial score (nSPS) is 19.4. The maximum absolute atomic E-state index is 11.5. The number of carbonyl (C=O) groups excluding carboxylic acids is 1. The Bertz CT molecular complexity index is 448. The fourth-order valence-electron chi connectivity index (χ4n) is 2.59. The van der Waals surface area contributed by atoms with E-state index in [0.29, 0.717) is 17.4 Å². The van der Waals surface area contributed by atoms with Gasteiger partial charge >= 0.3 is 5.97 Å². The van der Waals surface area contributed by atoms with Gasteiger partial charge in [0.2, 0.25) is 0 Å². The molecule has 5 nitrogen and oxygen atoms in total. The summed E-state index contributed by atoms with van der Waals surface area (Å²) in [6, 6.07) is 2.34. The van der Waals surface area contributed by atoms with Gasteiger partial charge in [-0.3, -0.25) is 4.90 Å². The minimum absolute atomic E-state index is 0. The molecule has 0 saturated carbocycles. The summed E-state index contributed by atoms with van der Waals surface area (Å²) >= 11 is 0. The highest BCUT2D eigenvalue weighted by Crippen LogP contribution is 2.19. The van der Waals surface area contributed by atoms with Crippen LogP contribution >= 0.6 is 12.4 Å². The van der Waals surface area contributed by atoms with Gasteiger partial charge < -0.3 is 14.5 Å². The smallest absolute Gasteiger partial charge is 0.341 e. The molecule has 2 heterocycles. The quantitative estimate of drug-likeness (QED) is 0.862. The van der Waals surface area contributed by atoms with Crippen molar-refractivity contribution in [2.75, 3.05) is 27.2 Å². The second-order valence-corrected chi connectivity index (χ2v) is 5.04. The summed E-state index contributed by atoms with van der Waals surface area (Å²) in [7, 11) is 3.39. The number of ether oxygens (including phenoxy) is 1. The van der Waals surface area contributed by atoms with E-state index in [0.717, 1.165) is 25.4 Å². The molecule has 0 aliphatic carbocycles. The van der Waals surface area contributed by atoms with Gasteiger partial charge in [0.15, 0.2) is 0 Å². The molecule has 114 valence electrons. The van der Waals surface area contributed by atoms with Gasteiger partial charge in [0, 0.05) is 12.6 Å². The zero-order valence-electron chi connectivity index (χ0n) is 12.3. The Labute approximate surface area is 126 Å². The highest BCUT2D eigenvalue weighted by Gasteiger charge is 2.21. The summed E-state index contributed by atoms with van der Waals surface area (Å²) in [5.74, 6) is 1.12. The van der Waals surface area contributed by atoms with Crippen LogP contribution in [0.1, 0.15) is 34.7 Å². The van der Waals surface area contributed by atoms with Crippen LogP contribution in [-0.2, 0) is 11.3 Å². The number of esters is 1. The molecule has 6 heteroatoms. The third-order valence-electron chi connectivity index (χ3n) is 3.67. The van der Waals surface area contributed by atoms with Gasteiger partial charge in [-0.1, -0.05) is 0 Å². The zero-order valence-corrected chi connectivity index (χ0v) is 13.1. The van der Waals surface area contributed by atoms with Crippen molar-refractivity contribution >= 4 is 18.4 Å². The van der Waals surface area contributed by atoms with Crippen molar-refractivity contribution < 1.29 is 13.9 Å². The molecule has 1 fully saturated rings. The number of piperidine rings is 1. The Morgan fingerprint density at radius 2 is 2.35 bits per heavy atom. The van der Waals surface area contributed by atoms with E-state index in [-0.39, 0.29) is 18.4 Å². The number of hydrogen-bond acceptors (Lipinski definition) is 5. The average molecular weight is 303 g/mol. The third kappa shape index (κ3) is 3.98. The molecule has 1 aliphatic rings. The minimum atomic E-state index is -0.334. The zero-order chi connectivity index (χ0) is 13.8. The number of halogens is 1. The van der Waals surface area contributed by atoms with Crippen LogP contribution < -0.4 is 5.32 Å². The number of nitrogens with one attached hydrogen (secondary N) is 1. The lowest BCUT2D eigenvalue weighted by Crippen LogP contribution is -2.43. The number of rotatable bonds is 4. The van der Waals surface area contributed by atoms with Crippen LogP contribution in [0.25, 0.3) is 0 Å². The number of carbonyl (C=O) groups is 1. The second-order valence-electron chi connectivity index (χ2n) is 5.04. The standard InChI is InChI=1S/C14H22N2O3.ClH/c1-10-13(14(17)18-3)7-12(19-10)9-16-6-4-5-11(8-16)15-2;/h7,11,15H,4-6,8-9H2,1-3H3;1H. The van der Waals surface area contributed by atoms with Gasteiger partial charge in [-0.15, -0.1) is 12.4 Å².